The number of amides is 1. The van der Waals surface area contributed by atoms with Crippen LogP contribution in [0.15, 0.2) is 47.8 Å². The molecule has 0 spiro atoms. The molecule has 2 radical (unpaired) electrons. The molecular weight excluding hydrogens is 277 g/mol. The first-order valence-corrected chi connectivity index (χ1v) is 6.92. The second-order valence-corrected chi connectivity index (χ2v) is 5.41. The molecule has 1 amide bonds. The van der Waals surface area contributed by atoms with E-state index in [1.807, 2.05) is 47.8 Å². The Balaban J connectivity index is 0.00000162. The number of nitrogens with one attached hydrogen (secondary N) is 1. The second kappa shape index (κ2) is 8.86. The van der Waals surface area contributed by atoms with Crippen molar-refractivity contribution in [1.82, 2.24) is 5.32 Å². The van der Waals surface area contributed by atoms with Crippen LogP contribution >= 0.6 is 11.3 Å². The maximum Gasteiger partial charge on any atom is 0.224 e. The normalized spacial score (nSPS) is 10.7. The summed E-state index contributed by atoms with van der Waals surface area (Å²) in [6.07, 6.45) is 0.454. The summed E-state index contributed by atoms with van der Waals surface area (Å²) in [6, 6.07) is 13.9. The molecule has 2 rings (SSSR count). The average Bonchev–Trinajstić information content (AvgIpc) is 2.82. The van der Waals surface area contributed by atoms with Crippen LogP contribution in [0.25, 0.3) is 0 Å². The lowest BCUT2D eigenvalue weighted by atomic mass is 10.2. The topological polar surface area (TPSA) is 92.1 Å². The fourth-order valence-electron chi connectivity index (χ4n) is 1.54. The van der Waals surface area contributed by atoms with Crippen molar-refractivity contribution < 1.29 is 15.7 Å². The molecule has 19 heavy (non-hydrogen) atoms. The minimum Gasteiger partial charge on any atom is -0.412 e. The molecule has 100 valence electrons. The summed E-state index contributed by atoms with van der Waals surface area (Å²) in [4.78, 5) is 12.8. The summed E-state index contributed by atoms with van der Waals surface area (Å²) in [7, 11) is 0. The third-order valence-corrected chi connectivity index (χ3v) is 3.82. The van der Waals surface area contributed by atoms with Crippen molar-refractivity contribution in [1.29, 1.82) is 0 Å². The standard InChI is InChI=1S/C13H12NOS.Al.2H2O/c15-13(9-12-7-4-8-16-12)14-10-11-5-2-1-3-6-11;;;/h1-8,10H,9H2,(H,14,15);;2*1H2. The summed E-state index contributed by atoms with van der Waals surface area (Å²) < 4.78 is 0. The molecule has 0 unspecified atom stereocenters. The largest absolute Gasteiger partial charge is 0.412 e. The zero-order valence-corrected chi connectivity index (χ0v) is 12.3. The predicted octanol–water partition coefficient (Wildman–Crippen LogP) is 0.625. The lowest BCUT2D eigenvalue weighted by molar-refractivity contribution is -0.120. The number of rotatable bonds is 4. The maximum absolute atomic E-state index is 11.8. The van der Waals surface area contributed by atoms with Crippen molar-refractivity contribution in [2.24, 2.45) is 0 Å². The molecule has 2 aromatic rings. The highest BCUT2D eigenvalue weighted by molar-refractivity contribution is 7.10. The van der Waals surface area contributed by atoms with Crippen LogP contribution in [0.4, 0.5) is 0 Å². The number of thiophene rings is 1. The van der Waals surface area contributed by atoms with Crippen LogP contribution in [-0.2, 0) is 11.2 Å². The number of hydrogen-bond acceptors (Lipinski definition) is 2. The van der Waals surface area contributed by atoms with Crippen LogP contribution in [-0.4, -0.2) is 33.1 Å². The van der Waals surface area contributed by atoms with Gasteiger partial charge < -0.3 is 16.3 Å². The molecular formula is C13H16AlNO3S. The second-order valence-electron chi connectivity index (χ2n) is 3.71. The van der Waals surface area contributed by atoms with Crippen molar-refractivity contribution in [2.45, 2.75) is 11.3 Å². The van der Waals surface area contributed by atoms with Crippen molar-refractivity contribution >= 4 is 33.5 Å². The third kappa shape index (κ3) is 5.56. The molecule has 0 aliphatic heterocycles. The minimum absolute atomic E-state index is 0. The number of benzene rings is 1. The lowest BCUT2D eigenvalue weighted by Gasteiger charge is -2.15. The van der Waals surface area contributed by atoms with Crippen LogP contribution in [0.5, 0.6) is 0 Å². The van der Waals surface area contributed by atoms with Gasteiger partial charge >= 0.3 is 0 Å². The van der Waals surface area contributed by atoms with Gasteiger partial charge in [-0.15, -0.1) is 11.3 Å². The Morgan fingerprint density at radius 2 is 1.84 bits per heavy atom. The van der Waals surface area contributed by atoms with Gasteiger partial charge in [0.25, 0.3) is 0 Å². The molecule has 5 N–H and O–H groups in total. The molecule has 0 aliphatic carbocycles. The lowest BCUT2D eigenvalue weighted by Crippen LogP contribution is -2.29. The van der Waals surface area contributed by atoms with Crippen molar-refractivity contribution in [2.75, 3.05) is 0 Å². The molecule has 1 aromatic carbocycles. The Bertz CT molecular complexity index is 476. The van der Waals surface area contributed by atoms with E-state index >= 15 is 0 Å². The fourth-order valence-corrected chi connectivity index (χ4v) is 2.65. The first-order valence-electron chi connectivity index (χ1n) is 5.38. The SMILES string of the molecule is O.O.O=C(Cc1cccs1)N[C@H]([Al])c1ccccc1. The Labute approximate surface area is 124 Å². The van der Waals surface area contributed by atoms with E-state index in [4.69, 9.17) is 0 Å². The zero-order chi connectivity index (χ0) is 12.1. The summed E-state index contributed by atoms with van der Waals surface area (Å²) in [6.45, 7) is 0. The summed E-state index contributed by atoms with van der Waals surface area (Å²) in [5, 5.41) is 4.95. The van der Waals surface area contributed by atoms with Crippen LogP contribution in [0.3, 0.4) is 0 Å². The number of carbonyl (C=O) groups is 1. The summed E-state index contributed by atoms with van der Waals surface area (Å²) in [5.41, 5.74) is 1.09. The Morgan fingerprint density at radius 3 is 2.42 bits per heavy atom. The van der Waals surface area contributed by atoms with Gasteiger partial charge in [-0.25, -0.2) is 0 Å². The Hall–Kier alpha value is -1.16. The van der Waals surface area contributed by atoms with Crippen LogP contribution in [0.2, 0.25) is 0 Å². The molecule has 4 nitrogen and oxygen atoms in total. The monoisotopic (exact) mass is 293 g/mol. The van der Waals surface area contributed by atoms with Gasteiger partial charge in [-0.3, -0.25) is 4.79 Å². The molecule has 1 aromatic heterocycles. The molecule has 0 fully saturated rings. The maximum atomic E-state index is 11.8. The van der Waals surface area contributed by atoms with E-state index in [9.17, 15) is 4.79 Å². The first-order chi connectivity index (χ1) is 8.25. The molecule has 1 atom stereocenters. The van der Waals surface area contributed by atoms with Gasteiger partial charge in [0, 0.05) is 4.88 Å². The quantitative estimate of drug-likeness (QED) is 0.822. The molecule has 6 heteroatoms. The van der Waals surface area contributed by atoms with Gasteiger partial charge in [0.1, 0.15) is 0 Å². The van der Waals surface area contributed by atoms with Crippen LogP contribution < -0.4 is 5.32 Å². The van der Waals surface area contributed by atoms with E-state index < -0.39 is 0 Å². The predicted molar refractivity (Wildman–Crippen MR) is 78.3 cm³/mol. The molecule has 1 heterocycles. The highest BCUT2D eigenvalue weighted by atomic mass is 32.1. The molecule has 0 aliphatic rings. The van der Waals surface area contributed by atoms with E-state index in [0.717, 1.165) is 10.4 Å². The van der Waals surface area contributed by atoms with Crippen LogP contribution in [0, 0.1) is 0 Å². The smallest absolute Gasteiger partial charge is 0.224 e. The van der Waals surface area contributed by atoms with E-state index in [2.05, 4.69) is 21.6 Å². The Morgan fingerprint density at radius 1 is 1.16 bits per heavy atom. The molecule has 0 saturated heterocycles. The van der Waals surface area contributed by atoms with Gasteiger partial charge in [-0.05, 0) is 21.9 Å². The minimum atomic E-state index is -0.0244. The van der Waals surface area contributed by atoms with Crippen LogP contribution in [0.1, 0.15) is 15.3 Å². The average molecular weight is 293 g/mol. The molecule has 0 bridgehead atoms. The zero-order valence-electron chi connectivity index (χ0n) is 10.3. The highest BCUT2D eigenvalue weighted by Gasteiger charge is 2.08. The van der Waals surface area contributed by atoms with Crippen molar-refractivity contribution in [3.8, 4) is 0 Å². The van der Waals surface area contributed by atoms with Gasteiger partial charge in [0.15, 0.2) is 16.3 Å². The van der Waals surface area contributed by atoms with Gasteiger partial charge in [-0.1, -0.05) is 36.4 Å². The summed E-state index contributed by atoms with van der Waals surface area (Å²) in [5.74, 6) is 0.0521. The fraction of sp³-hybridized carbons (Fsp3) is 0.154. The summed E-state index contributed by atoms with van der Waals surface area (Å²) >= 11 is 4.26. The van der Waals surface area contributed by atoms with Gasteiger partial charge in [0.2, 0.25) is 5.91 Å². The number of hydrogen-bond donors (Lipinski definition) is 1. The Kier molecular flexibility index (Phi) is 8.32. The van der Waals surface area contributed by atoms with E-state index in [-0.39, 0.29) is 21.8 Å². The first kappa shape index (κ1) is 17.8. The van der Waals surface area contributed by atoms with E-state index in [1.54, 1.807) is 11.3 Å². The molecule has 0 saturated carbocycles. The van der Waals surface area contributed by atoms with Crippen molar-refractivity contribution in [3.63, 3.8) is 0 Å². The number of carbonyl (C=O) groups excluding carboxylic acids is 1. The van der Waals surface area contributed by atoms with E-state index in [0.29, 0.717) is 6.42 Å². The third-order valence-electron chi connectivity index (χ3n) is 2.39. The van der Waals surface area contributed by atoms with E-state index in [1.165, 1.54) is 0 Å². The van der Waals surface area contributed by atoms with Crippen molar-refractivity contribution in [3.05, 3.63) is 58.3 Å². The highest BCUT2D eigenvalue weighted by Crippen LogP contribution is 2.11. The van der Waals surface area contributed by atoms with Gasteiger partial charge in [-0.2, -0.15) is 0 Å². The van der Waals surface area contributed by atoms with Gasteiger partial charge in [0.05, 0.1) is 6.42 Å².